The third kappa shape index (κ3) is 3.05. The minimum atomic E-state index is -0.0117. The van der Waals surface area contributed by atoms with E-state index in [1.165, 1.54) is 0 Å². The maximum absolute atomic E-state index is 11.9. The molecule has 0 N–H and O–H groups in total. The summed E-state index contributed by atoms with van der Waals surface area (Å²) in [6, 6.07) is 8.59. The fraction of sp³-hybridized carbons (Fsp3) is 0.0769. The molecule has 2 aromatic rings. The molecule has 0 bridgehead atoms. The van der Waals surface area contributed by atoms with E-state index in [0.29, 0.717) is 15.6 Å². The summed E-state index contributed by atoms with van der Waals surface area (Å²) < 4.78 is 0. The largest absolute Gasteiger partial charge is 0.294 e. The topological polar surface area (TPSA) is 30.0 Å². The molecule has 0 aliphatic heterocycles. The van der Waals surface area contributed by atoms with Crippen molar-refractivity contribution in [1.82, 2.24) is 4.98 Å². The molecular formula is C13H9Cl2NO. The second kappa shape index (κ2) is 5.30. The second-order valence-electron chi connectivity index (χ2n) is 3.58. The Morgan fingerprint density at radius 3 is 2.71 bits per heavy atom. The summed E-state index contributed by atoms with van der Waals surface area (Å²) in [5.41, 5.74) is 1.35. The zero-order valence-corrected chi connectivity index (χ0v) is 10.4. The van der Waals surface area contributed by atoms with Crippen molar-refractivity contribution < 1.29 is 4.79 Å². The van der Waals surface area contributed by atoms with E-state index in [9.17, 15) is 4.79 Å². The molecule has 17 heavy (non-hydrogen) atoms. The van der Waals surface area contributed by atoms with E-state index in [-0.39, 0.29) is 12.2 Å². The molecular weight excluding hydrogens is 257 g/mol. The van der Waals surface area contributed by atoms with Crippen molar-refractivity contribution in [3.8, 4) is 0 Å². The molecule has 0 aliphatic rings. The van der Waals surface area contributed by atoms with E-state index in [2.05, 4.69) is 4.98 Å². The highest BCUT2D eigenvalue weighted by Crippen LogP contribution is 2.22. The predicted molar refractivity (Wildman–Crippen MR) is 68.7 cm³/mol. The summed E-state index contributed by atoms with van der Waals surface area (Å²) in [4.78, 5) is 15.8. The number of halogens is 2. The Labute approximate surface area is 109 Å². The average Bonchev–Trinajstić information content (AvgIpc) is 2.34. The fourth-order valence-corrected chi connectivity index (χ4v) is 1.94. The van der Waals surface area contributed by atoms with Crippen molar-refractivity contribution in [3.63, 3.8) is 0 Å². The standard InChI is InChI=1S/C13H9Cl2NO/c14-11-4-3-9(12(15)7-11)6-13(17)10-2-1-5-16-8-10/h1-5,7-8H,6H2. The molecule has 86 valence electrons. The molecule has 1 heterocycles. The number of ketones is 1. The maximum Gasteiger partial charge on any atom is 0.168 e. The van der Waals surface area contributed by atoms with E-state index in [4.69, 9.17) is 23.2 Å². The van der Waals surface area contributed by atoms with Crippen molar-refractivity contribution >= 4 is 29.0 Å². The van der Waals surface area contributed by atoms with Crippen LogP contribution >= 0.6 is 23.2 Å². The van der Waals surface area contributed by atoms with Gasteiger partial charge in [0.25, 0.3) is 0 Å². The fourth-order valence-electron chi connectivity index (χ4n) is 1.47. The number of carbonyl (C=O) groups excluding carboxylic acids is 1. The third-order valence-corrected chi connectivity index (χ3v) is 2.94. The van der Waals surface area contributed by atoms with Gasteiger partial charge in [0.05, 0.1) is 0 Å². The van der Waals surface area contributed by atoms with Crippen LogP contribution in [0, 0.1) is 0 Å². The first-order chi connectivity index (χ1) is 8.16. The third-order valence-electron chi connectivity index (χ3n) is 2.35. The van der Waals surface area contributed by atoms with E-state index in [1.807, 2.05) is 0 Å². The number of rotatable bonds is 3. The lowest BCUT2D eigenvalue weighted by Gasteiger charge is -2.04. The number of hydrogen-bond donors (Lipinski definition) is 0. The van der Waals surface area contributed by atoms with E-state index in [0.717, 1.165) is 5.56 Å². The average molecular weight is 266 g/mol. The van der Waals surface area contributed by atoms with Crippen LogP contribution in [0.3, 0.4) is 0 Å². The van der Waals surface area contributed by atoms with Crippen LogP contribution in [-0.4, -0.2) is 10.8 Å². The van der Waals surface area contributed by atoms with Gasteiger partial charge in [0.1, 0.15) is 0 Å². The molecule has 0 fully saturated rings. The van der Waals surface area contributed by atoms with Gasteiger partial charge in [-0.3, -0.25) is 9.78 Å². The SMILES string of the molecule is O=C(Cc1ccc(Cl)cc1Cl)c1cccnc1. The smallest absolute Gasteiger partial charge is 0.168 e. The van der Waals surface area contributed by atoms with Crippen LogP contribution in [-0.2, 0) is 6.42 Å². The van der Waals surface area contributed by atoms with Crippen LogP contribution in [0.4, 0.5) is 0 Å². The number of benzene rings is 1. The van der Waals surface area contributed by atoms with E-state index < -0.39 is 0 Å². The number of carbonyl (C=O) groups is 1. The molecule has 1 aromatic heterocycles. The lowest BCUT2D eigenvalue weighted by atomic mass is 10.0. The Balaban J connectivity index is 2.19. The Kier molecular flexibility index (Phi) is 3.77. The molecule has 2 rings (SSSR count). The van der Waals surface area contributed by atoms with Gasteiger partial charge < -0.3 is 0 Å². The van der Waals surface area contributed by atoms with Gasteiger partial charge in [0.15, 0.2) is 5.78 Å². The summed E-state index contributed by atoms with van der Waals surface area (Å²) in [6.45, 7) is 0. The molecule has 2 nitrogen and oxygen atoms in total. The molecule has 0 aliphatic carbocycles. The first kappa shape index (κ1) is 12.1. The summed E-state index contributed by atoms with van der Waals surface area (Å²) in [7, 11) is 0. The van der Waals surface area contributed by atoms with Gasteiger partial charge in [-0.15, -0.1) is 0 Å². The Bertz CT molecular complexity index is 540. The first-order valence-electron chi connectivity index (χ1n) is 5.04. The van der Waals surface area contributed by atoms with Crippen molar-refractivity contribution in [3.05, 3.63) is 63.9 Å². The Morgan fingerprint density at radius 1 is 1.24 bits per heavy atom. The van der Waals surface area contributed by atoms with Crippen LogP contribution in [0.2, 0.25) is 10.0 Å². The highest BCUT2D eigenvalue weighted by Gasteiger charge is 2.09. The van der Waals surface area contributed by atoms with Gasteiger partial charge in [-0.25, -0.2) is 0 Å². The lowest BCUT2D eigenvalue weighted by molar-refractivity contribution is 0.0992. The van der Waals surface area contributed by atoms with E-state index in [1.54, 1.807) is 42.7 Å². The van der Waals surface area contributed by atoms with Crippen LogP contribution in [0.5, 0.6) is 0 Å². The van der Waals surface area contributed by atoms with E-state index >= 15 is 0 Å². The number of Topliss-reactive ketones (excluding diaryl/α,β-unsaturated/α-hetero) is 1. The van der Waals surface area contributed by atoms with Gasteiger partial charge in [-0.1, -0.05) is 29.3 Å². The van der Waals surface area contributed by atoms with Gasteiger partial charge in [-0.2, -0.15) is 0 Å². The molecule has 0 atom stereocenters. The van der Waals surface area contributed by atoms with Crippen LogP contribution in [0.1, 0.15) is 15.9 Å². The minimum Gasteiger partial charge on any atom is -0.294 e. The van der Waals surface area contributed by atoms with Gasteiger partial charge >= 0.3 is 0 Å². The van der Waals surface area contributed by atoms with Gasteiger partial charge in [-0.05, 0) is 29.8 Å². The monoisotopic (exact) mass is 265 g/mol. The molecule has 0 radical (unpaired) electrons. The summed E-state index contributed by atoms with van der Waals surface area (Å²) in [6.07, 6.45) is 3.43. The van der Waals surface area contributed by atoms with Crippen molar-refractivity contribution in [2.75, 3.05) is 0 Å². The van der Waals surface area contributed by atoms with Crippen molar-refractivity contribution in [2.24, 2.45) is 0 Å². The predicted octanol–water partition coefficient (Wildman–Crippen LogP) is 3.81. The molecule has 0 saturated heterocycles. The van der Waals surface area contributed by atoms with Gasteiger partial charge in [0.2, 0.25) is 0 Å². The molecule has 0 saturated carbocycles. The summed E-state index contributed by atoms with van der Waals surface area (Å²) in [5, 5.41) is 1.07. The summed E-state index contributed by atoms with van der Waals surface area (Å²) in [5.74, 6) is -0.0117. The molecule has 0 spiro atoms. The lowest BCUT2D eigenvalue weighted by Crippen LogP contribution is -2.04. The second-order valence-corrected chi connectivity index (χ2v) is 4.42. The van der Waals surface area contributed by atoms with Crippen LogP contribution in [0.25, 0.3) is 0 Å². The minimum absolute atomic E-state index is 0.0117. The van der Waals surface area contributed by atoms with Crippen molar-refractivity contribution in [2.45, 2.75) is 6.42 Å². The highest BCUT2D eigenvalue weighted by molar-refractivity contribution is 6.35. The number of aromatic nitrogens is 1. The highest BCUT2D eigenvalue weighted by atomic mass is 35.5. The van der Waals surface area contributed by atoms with Crippen LogP contribution < -0.4 is 0 Å². The Morgan fingerprint density at radius 2 is 2.06 bits per heavy atom. The number of hydrogen-bond acceptors (Lipinski definition) is 2. The zero-order chi connectivity index (χ0) is 12.3. The van der Waals surface area contributed by atoms with Crippen LogP contribution in [0.15, 0.2) is 42.7 Å². The summed E-state index contributed by atoms with van der Waals surface area (Å²) >= 11 is 11.8. The molecule has 0 unspecified atom stereocenters. The molecule has 1 aromatic carbocycles. The maximum atomic E-state index is 11.9. The first-order valence-corrected chi connectivity index (χ1v) is 5.79. The zero-order valence-electron chi connectivity index (χ0n) is 8.86. The van der Waals surface area contributed by atoms with Crippen molar-refractivity contribution in [1.29, 1.82) is 0 Å². The Hall–Kier alpha value is -1.38. The normalized spacial score (nSPS) is 10.2. The quantitative estimate of drug-likeness (QED) is 0.790. The van der Waals surface area contributed by atoms with Gasteiger partial charge in [0, 0.05) is 34.4 Å². The number of nitrogens with zero attached hydrogens (tertiary/aromatic N) is 1. The molecule has 4 heteroatoms. The number of pyridine rings is 1. The molecule has 0 amide bonds.